The van der Waals surface area contributed by atoms with E-state index in [0.717, 1.165) is 25.2 Å². The van der Waals surface area contributed by atoms with E-state index >= 15 is 0 Å². The number of hydrogen-bond acceptors (Lipinski definition) is 6. The third-order valence-corrected chi connectivity index (χ3v) is 5.94. The van der Waals surface area contributed by atoms with Gasteiger partial charge in [-0.3, -0.25) is 14.0 Å². The number of aromatic nitrogens is 2. The molecule has 0 saturated carbocycles. The molecule has 1 fully saturated rings. The summed E-state index contributed by atoms with van der Waals surface area (Å²) in [7, 11) is 0. The van der Waals surface area contributed by atoms with Crippen LogP contribution in [0.15, 0.2) is 22.4 Å². The molecule has 2 aromatic heterocycles. The van der Waals surface area contributed by atoms with E-state index in [1.807, 2.05) is 10.3 Å². The molecule has 6 nitrogen and oxygen atoms in total. The number of thioether (sulfide) groups is 1. The number of halogens is 1. The van der Waals surface area contributed by atoms with Crippen LogP contribution in [-0.2, 0) is 10.5 Å². The monoisotopic (exact) mass is 388 g/mol. The van der Waals surface area contributed by atoms with Crippen LogP contribution < -0.4 is 11.3 Å². The van der Waals surface area contributed by atoms with Gasteiger partial charge in [0.1, 0.15) is 0 Å². The molecule has 0 aromatic carbocycles. The third-order valence-electron chi connectivity index (χ3n) is 4.24. The van der Waals surface area contributed by atoms with Gasteiger partial charge in [-0.15, -0.1) is 35.5 Å². The predicted octanol–water partition coefficient (Wildman–Crippen LogP) is 1.61. The van der Waals surface area contributed by atoms with Gasteiger partial charge >= 0.3 is 0 Å². The van der Waals surface area contributed by atoms with Crippen LogP contribution in [0.2, 0.25) is 0 Å². The lowest BCUT2D eigenvalue weighted by Gasteiger charge is -2.22. The maximum Gasteiger partial charge on any atom is 0.258 e. The summed E-state index contributed by atoms with van der Waals surface area (Å²) in [5.74, 6) is 1.12. The van der Waals surface area contributed by atoms with Gasteiger partial charge < -0.3 is 10.6 Å². The molecular weight excluding hydrogens is 368 g/mol. The highest BCUT2D eigenvalue weighted by atomic mass is 35.5. The lowest BCUT2D eigenvalue weighted by Crippen LogP contribution is -2.35. The minimum atomic E-state index is -0.0727. The van der Waals surface area contributed by atoms with Crippen molar-refractivity contribution >= 4 is 46.4 Å². The Balaban J connectivity index is 0.00000208. The van der Waals surface area contributed by atoms with Crippen molar-refractivity contribution in [1.82, 2.24) is 14.3 Å². The summed E-state index contributed by atoms with van der Waals surface area (Å²) in [5.41, 5.74) is 6.48. The highest BCUT2D eigenvalue weighted by molar-refractivity contribution is 7.99. The Morgan fingerprint density at radius 1 is 1.54 bits per heavy atom. The second-order valence-electron chi connectivity index (χ2n) is 6.21. The van der Waals surface area contributed by atoms with E-state index in [1.165, 1.54) is 27.5 Å². The second kappa shape index (κ2) is 7.86. The highest BCUT2D eigenvalue weighted by Crippen LogP contribution is 2.29. The van der Waals surface area contributed by atoms with Crippen LogP contribution in [0, 0.1) is 5.41 Å². The maximum absolute atomic E-state index is 12.3. The molecule has 1 amide bonds. The normalized spacial score (nSPS) is 20.3. The number of fused-ring (bicyclic) bond motifs is 1. The summed E-state index contributed by atoms with van der Waals surface area (Å²) in [4.78, 5) is 31.2. The van der Waals surface area contributed by atoms with E-state index in [4.69, 9.17) is 5.73 Å². The molecule has 3 heterocycles. The first-order chi connectivity index (χ1) is 11.0. The van der Waals surface area contributed by atoms with Crippen LogP contribution in [0.5, 0.6) is 0 Å². The van der Waals surface area contributed by atoms with Gasteiger partial charge in [0.25, 0.3) is 5.56 Å². The summed E-state index contributed by atoms with van der Waals surface area (Å²) in [5, 5.41) is 1.84. The number of amides is 1. The summed E-state index contributed by atoms with van der Waals surface area (Å²) in [6.45, 7) is 4.26. The summed E-state index contributed by atoms with van der Waals surface area (Å²) in [6, 6.07) is 1.54. The van der Waals surface area contributed by atoms with Crippen molar-refractivity contribution in [3.8, 4) is 0 Å². The molecule has 9 heteroatoms. The first kappa shape index (κ1) is 19.2. The van der Waals surface area contributed by atoms with Crippen LogP contribution in [0.3, 0.4) is 0 Å². The van der Waals surface area contributed by atoms with Gasteiger partial charge in [0.15, 0.2) is 4.96 Å². The smallest absolute Gasteiger partial charge is 0.258 e. The Hall–Kier alpha value is -1.09. The van der Waals surface area contributed by atoms with Gasteiger partial charge in [0.2, 0.25) is 5.91 Å². The lowest BCUT2D eigenvalue weighted by atomic mass is 9.90. The van der Waals surface area contributed by atoms with E-state index < -0.39 is 0 Å². The molecule has 24 heavy (non-hydrogen) atoms. The third kappa shape index (κ3) is 4.11. The van der Waals surface area contributed by atoms with Crippen LogP contribution in [0.4, 0.5) is 0 Å². The fourth-order valence-corrected chi connectivity index (χ4v) is 4.25. The SMILES string of the molecule is CC1(CN)CCN(C(=O)CSCc2cc(=O)n3ccsc3n2)C1.Cl. The molecule has 132 valence electrons. The Kier molecular flexibility index (Phi) is 6.30. The number of thiazole rings is 1. The fraction of sp³-hybridized carbons (Fsp3) is 0.533. The van der Waals surface area contributed by atoms with E-state index in [2.05, 4.69) is 11.9 Å². The lowest BCUT2D eigenvalue weighted by molar-refractivity contribution is -0.127. The number of carbonyl (C=O) groups excluding carboxylic acids is 1. The zero-order valence-electron chi connectivity index (χ0n) is 13.4. The quantitative estimate of drug-likeness (QED) is 0.841. The molecule has 0 bridgehead atoms. The number of rotatable bonds is 5. The molecule has 2 aromatic rings. The predicted molar refractivity (Wildman–Crippen MR) is 101 cm³/mol. The Labute approximate surface area is 154 Å². The van der Waals surface area contributed by atoms with Crippen molar-refractivity contribution in [2.45, 2.75) is 19.1 Å². The topological polar surface area (TPSA) is 80.7 Å². The number of nitrogens with two attached hydrogens (primary N) is 1. The van der Waals surface area contributed by atoms with Crippen LogP contribution in [0.25, 0.3) is 4.96 Å². The zero-order valence-corrected chi connectivity index (χ0v) is 15.9. The second-order valence-corrected chi connectivity index (χ2v) is 8.07. The molecular formula is C15H21ClN4O2S2. The van der Waals surface area contributed by atoms with Crippen molar-refractivity contribution in [3.63, 3.8) is 0 Å². The van der Waals surface area contributed by atoms with Gasteiger partial charge in [0, 0.05) is 36.5 Å². The molecule has 0 aliphatic carbocycles. The van der Waals surface area contributed by atoms with Crippen LogP contribution in [0.1, 0.15) is 19.0 Å². The van der Waals surface area contributed by atoms with E-state index in [-0.39, 0.29) is 29.3 Å². The average molecular weight is 389 g/mol. The van der Waals surface area contributed by atoms with Crippen molar-refractivity contribution in [2.24, 2.45) is 11.1 Å². The molecule has 1 aliphatic rings. The van der Waals surface area contributed by atoms with E-state index in [1.54, 1.807) is 12.3 Å². The number of hydrogen-bond donors (Lipinski definition) is 1. The van der Waals surface area contributed by atoms with Crippen molar-refractivity contribution < 1.29 is 4.79 Å². The number of carbonyl (C=O) groups is 1. The highest BCUT2D eigenvalue weighted by Gasteiger charge is 2.34. The largest absolute Gasteiger partial charge is 0.341 e. The van der Waals surface area contributed by atoms with Crippen molar-refractivity contribution in [3.05, 3.63) is 33.7 Å². The maximum atomic E-state index is 12.3. The molecule has 0 radical (unpaired) electrons. The first-order valence-electron chi connectivity index (χ1n) is 7.52. The molecule has 0 spiro atoms. The molecule has 1 unspecified atom stereocenters. The van der Waals surface area contributed by atoms with Crippen LogP contribution in [-0.4, -0.2) is 45.6 Å². The van der Waals surface area contributed by atoms with Gasteiger partial charge in [-0.05, 0) is 18.4 Å². The van der Waals surface area contributed by atoms with Crippen molar-refractivity contribution in [2.75, 3.05) is 25.4 Å². The summed E-state index contributed by atoms with van der Waals surface area (Å²) in [6.07, 6.45) is 2.69. The Morgan fingerprint density at radius 2 is 2.33 bits per heavy atom. The molecule has 2 N–H and O–H groups in total. The Bertz CT molecular complexity index is 778. The molecule has 3 rings (SSSR count). The molecule has 1 saturated heterocycles. The van der Waals surface area contributed by atoms with Crippen molar-refractivity contribution in [1.29, 1.82) is 0 Å². The van der Waals surface area contributed by atoms with Gasteiger partial charge in [-0.25, -0.2) is 4.98 Å². The first-order valence-corrected chi connectivity index (χ1v) is 9.56. The Morgan fingerprint density at radius 3 is 3.04 bits per heavy atom. The average Bonchev–Trinajstić information content (AvgIpc) is 3.15. The minimum absolute atomic E-state index is 0. The van der Waals surface area contributed by atoms with Gasteiger partial charge in [-0.2, -0.15) is 0 Å². The number of likely N-dealkylation sites (tertiary alicyclic amines) is 1. The summed E-state index contributed by atoms with van der Waals surface area (Å²) < 4.78 is 1.53. The fourth-order valence-electron chi connectivity index (χ4n) is 2.70. The van der Waals surface area contributed by atoms with Gasteiger partial charge in [-0.1, -0.05) is 6.92 Å². The summed E-state index contributed by atoms with van der Waals surface area (Å²) >= 11 is 2.93. The standard InChI is InChI=1S/C15H20N4O2S2.ClH/c1-15(9-16)2-3-18(10-15)13(21)8-22-7-11-6-12(20)19-4-5-23-14(19)17-11;/h4-6H,2-3,7-10,16H2,1H3;1H. The molecule has 1 atom stereocenters. The zero-order chi connectivity index (χ0) is 16.4. The minimum Gasteiger partial charge on any atom is -0.341 e. The molecule has 1 aliphatic heterocycles. The van der Waals surface area contributed by atoms with E-state index in [0.29, 0.717) is 23.0 Å². The van der Waals surface area contributed by atoms with Crippen LogP contribution >= 0.6 is 35.5 Å². The van der Waals surface area contributed by atoms with E-state index in [9.17, 15) is 9.59 Å². The number of nitrogens with zero attached hydrogens (tertiary/aromatic N) is 3. The van der Waals surface area contributed by atoms with Gasteiger partial charge in [0.05, 0.1) is 11.4 Å².